The quantitative estimate of drug-likeness (QED) is 0.767. The molecule has 0 fully saturated rings. The van der Waals surface area contributed by atoms with Gasteiger partial charge in [0.05, 0.1) is 6.10 Å². The third kappa shape index (κ3) is 4.02. The number of anilines is 2. The molecule has 1 atom stereocenters. The lowest BCUT2D eigenvalue weighted by atomic mass is 10.1. The van der Waals surface area contributed by atoms with Gasteiger partial charge in [0, 0.05) is 12.6 Å². The van der Waals surface area contributed by atoms with Gasteiger partial charge in [0.25, 0.3) is 0 Å². The predicted octanol–water partition coefficient (Wildman–Crippen LogP) is 1.51. The minimum Gasteiger partial charge on any atom is -0.391 e. The van der Waals surface area contributed by atoms with E-state index in [1.807, 2.05) is 0 Å². The first kappa shape index (κ1) is 14.5. The molecule has 0 aliphatic carbocycles. The minimum absolute atomic E-state index is 0.0150. The zero-order chi connectivity index (χ0) is 13.9. The normalized spacial score (nSPS) is 13.7. The molecular weight excluding hydrogens is 249 g/mol. The standard InChI is InChI=1S/C10H15F3N4O/c1-5(2)6(18)4-15-8-3-7(10(11,12)13)16-9(14)17-8/h3,5-6,18H,4H2,1-2H3,(H3,14,15,16,17). The summed E-state index contributed by atoms with van der Waals surface area (Å²) < 4.78 is 37.4. The fraction of sp³-hybridized carbons (Fsp3) is 0.600. The number of nitrogens with one attached hydrogen (secondary N) is 1. The number of nitrogens with zero attached hydrogens (tertiary/aromatic N) is 2. The maximum absolute atomic E-state index is 12.5. The number of aliphatic hydroxyl groups excluding tert-OH is 1. The molecule has 5 nitrogen and oxygen atoms in total. The first-order valence-electron chi connectivity index (χ1n) is 5.34. The molecule has 0 aliphatic rings. The largest absolute Gasteiger partial charge is 0.433 e. The Hall–Kier alpha value is -1.57. The van der Waals surface area contributed by atoms with Gasteiger partial charge in [0.2, 0.25) is 5.95 Å². The SMILES string of the molecule is CC(C)C(O)CNc1cc(C(F)(F)F)nc(N)n1. The van der Waals surface area contributed by atoms with Crippen molar-refractivity contribution >= 4 is 11.8 Å². The number of alkyl halides is 3. The van der Waals surface area contributed by atoms with Crippen LogP contribution < -0.4 is 11.1 Å². The Morgan fingerprint density at radius 2 is 2.00 bits per heavy atom. The van der Waals surface area contributed by atoms with Gasteiger partial charge in [-0.15, -0.1) is 0 Å². The monoisotopic (exact) mass is 264 g/mol. The third-order valence-corrected chi connectivity index (χ3v) is 2.30. The zero-order valence-electron chi connectivity index (χ0n) is 9.99. The Morgan fingerprint density at radius 3 is 2.50 bits per heavy atom. The van der Waals surface area contributed by atoms with Gasteiger partial charge in [0.15, 0.2) is 5.69 Å². The van der Waals surface area contributed by atoms with Gasteiger partial charge in [-0.1, -0.05) is 13.8 Å². The van der Waals surface area contributed by atoms with Crippen LogP contribution in [-0.4, -0.2) is 27.7 Å². The molecule has 18 heavy (non-hydrogen) atoms. The molecule has 0 aliphatic heterocycles. The van der Waals surface area contributed by atoms with Crippen molar-refractivity contribution in [2.75, 3.05) is 17.6 Å². The van der Waals surface area contributed by atoms with Crippen molar-refractivity contribution < 1.29 is 18.3 Å². The summed E-state index contributed by atoms with van der Waals surface area (Å²) >= 11 is 0. The van der Waals surface area contributed by atoms with Crippen molar-refractivity contribution in [3.8, 4) is 0 Å². The zero-order valence-corrected chi connectivity index (χ0v) is 9.99. The van der Waals surface area contributed by atoms with Crippen LogP contribution in [0, 0.1) is 5.92 Å². The number of aromatic nitrogens is 2. The molecule has 0 spiro atoms. The average molecular weight is 264 g/mol. The van der Waals surface area contributed by atoms with Crippen LogP contribution in [0.4, 0.5) is 24.9 Å². The molecule has 0 saturated carbocycles. The van der Waals surface area contributed by atoms with Gasteiger partial charge in [-0.3, -0.25) is 0 Å². The topological polar surface area (TPSA) is 84.1 Å². The number of nitrogens with two attached hydrogens (primary N) is 1. The summed E-state index contributed by atoms with van der Waals surface area (Å²) in [7, 11) is 0. The highest BCUT2D eigenvalue weighted by Crippen LogP contribution is 2.29. The fourth-order valence-electron chi connectivity index (χ4n) is 1.15. The summed E-state index contributed by atoms with van der Waals surface area (Å²) in [6.07, 6.45) is -5.26. The Kier molecular flexibility index (Phi) is 4.33. The van der Waals surface area contributed by atoms with Gasteiger partial charge in [-0.05, 0) is 5.92 Å². The maximum Gasteiger partial charge on any atom is 0.433 e. The lowest BCUT2D eigenvalue weighted by molar-refractivity contribution is -0.141. The maximum atomic E-state index is 12.5. The van der Waals surface area contributed by atoms with Crippen LogP contribution in [0.25, 0.3) is 0 Å². The number of halogens is 3. The van der Waals surface area contributed by atoms with Gasteiger partial charge in [-0.25, -0.2) is 4.98 Å². The highest BCUT2D eigenvalue weighted by Gasteiger charge is 2.33. The van der Waals surface area contributed by atoms with Crippen LogP contribution in [0.15, 0.2) is 6.07 Å². The molecule has 0 bridgehead atoms. The van der Waals surface area contributed by atoms with Gasteiger partial charge < -0.3 is 16.2 Å². The Labute approximate surface area is 102 Å². The van der Waals surface area contributed by atoms with Crippen LogP contribution >= 0.6 is 0 Å². The van der Waals surface area contributed by atoms with Crippen molar-refractivity contribution in [2.24, 2.45) is 5.92 Å². The molecule has 102 valence electrons. The van der Waals surface area contributed by atoms with Crippen molar-refractivity contribution in [1.82, 2.24) is 9.97 Å². The fourth-order valence-corrected chi connectivity index (χ4v) is 1.15. The molecule has 1 aromatic heterocycles. The summed E-state index contributed by atoms with van der Waals surface area (Å²) in [6.45, 7) is 3.68. The molecular formula is C10H15F3N4O. The number of hydrogen-bond donors (Lipinski definition) is 3. The van der Waals surface area contributed by atoms with E-state index in [0.717, 1.165) is 6.07 Å². The summed E-state index contributed by atoms with van der Waals surface area (Å²) in [6, 6.07) is 0.753. The minimum atomic E-state index is -4.58. The average Bonchev–Trinajstić information content (AvgIpc) is 2.23. The first-order valence-corrected chi connectivity index (χ1v) is 5.34. The van der Waals surface area contributed by atoms with E-state index in [1.54, 1.807) is 13.8 Å². The Balaban J connectivity index is 2.81. The first-order chi connectivity index (χ1) is 8.20. The van der Waals surface area contributed by atoms with Gasteiger partial charge in [0.1, 0.15) is 5.82 Å². The van der Waals surface area contributed by atoms with E-state index in [-0.39, 0.29) is 18.3 Å². The number of aliphatic hydroxyl groups is 1. The molecule has 1 rings (SSSR count). The van der Waals surface area contributed by atoms with Gasteiger partial charge in [-0.2, -0.15) is 18.2 Å². The van der Waals surface area contributed by atoms with E-state index in [4.69, 9.17) is 5.73 Å². The smallest absolute Gasteiger partial charge is 0.391 e. The Morgan fingerprint density at radius 1 is 1.39 bits per heavy atom. The van der Waals surface area contributed by atoms with Crippen molar-refractivity contribution in [1.29, 1.82) is 0 Å². The van der Waals surface area contributed by atoms with E-state index >= 15 is 0 Å². The van der Waals surface area contributed by atoms with Crippen LogP contribution in [-0.2, 0) is 6.18 Å². The molecule has 0 aromatic carbocycles. The molecule has 8 heteroatoms. The van der Waals surface area contributed by atoms with Crippen molar-refractivity contribution in [2.45, 2.75) is 26.1 Å². The second kappa shape index (κ2) is 5.38. The lowest BCUT2D eigenvalue weighted by Crippen LogP contribution is -2.25. The second-order valence-corrected chi connectivity index (χ2v) is 4.19. The van der Waals surface area contributed by atoms with Crippen LogP contribution in [0.1, 0.15) is 19.5 Å². The van der Waals surface area contributed by atoms with Crippen LogP contribution in [0.2, 0.25) is 0 Å². The molecule has 1 aromatic rings. The van der Waals surface area contributed by atoms with Crippen LogP contribution in [0.5, 0.6) is 0 Å². The van der Waals surface area contributed by atoms with Crippen LogP contribution in [0.3, 0.4) is 0 Å². The van der Waals surface area contributed by atoms with E-state index in [0.29, 0.717) is 0 Å². The van der Waals surface area contributed by atoms with E-state index < -0.39 is 23.9 Å². The van der Waals surface area contributed by atoms with E-state index in [9.17, 15) is 18.3 Å². The molecule has 4 N–H and O–H groups in total. The van der Waals surface area contributed by atoms with E-state index in [1.165, 1.54) is 0 Å². The molecule has 0 radical (unpaired) electrons. The highest BCUT2D eigenvalue weighted by molar-refractivity contribution is 5.41. The summed E-state index contributed by atoms with van der Waals surface area (Å²) in [5.74, 6) is -0.542. The lowest BCUT2D eigenvalue weighted by Gasteiger charge is -2.16. The third-order valence-electron chi connectivity index (χ3n) is 2.30. The number of rotatable bonds is 4. The summed E-state index contributed by atoms with van der Waals surface area (Å²) in [4.78, 5) is 6.73. The molecule has 1 heterocycles. The molecule has 0 amide bonds. The number of nitrogen functional groups attached to an aromatic ring is 1. The van der Waals surface area contributed by atoms with E-state index in [2.05, 4.69) is 15.3 Å². The van der Waals surface area contributed by atoms with Crippen molar-refractivity contribution in [3.05, 3.63) is 11.8 Å². The predicted molar refractivity (Wildman–Crippen MR) is 60.8 cm³/mol. The van der Waals surface area contributed by atoms with Gasteiger partial charge >= 0.3 is 6.18 Å². The number of hydrogen-bond acceptors (Lipinski definition) is 5. The highest BCUT2D eigenvalue weighted by atomic mass is 19.4. The second-order valence-electron chi connectivity index (χ2n) is 4.19. The van der Waals surface area contributed by atoms with Crippen molar-refractivity contribution in [3.63, 3.8) is 0 Å². The summed E-state index contributed by atoms with van der Waals surface area (Å²) in [5, 5.41) is 12.1. The molecule has 1 unspecified atom stereocenters. The molecule has 0 saturated heterocycles. The Bertz CT molecular complexity index is 409. The summed E-state index contributed by atoms with van der Waals surface area (Å²) in [5.41, 5.74) is 4.08.